The molecule has 2 N–H and O–H groups in total. The summed E-state index contributed by atoms with van der Waals surface area (Å²) in [5.41, 5.74) is 4.07. The number of ether oxygens (including phenoxy) is 1. The second-order valence-corrected chi connectivity index (χ2v) is 22.5. The summed E-state index contributed by atoms with van der Waals surface area (Å²) in [6, 6.07) is 14.2. The lowest BCUT2D eigenvalue weighted by molar-refractivity contribution is -0.164. The molecule has 3 fully saturated rings. The van der Waals surface area contributed by atoms with Crippen LogP contribution in [0, 0.1) is 48.9 Å². The maximum atomic E-state index is 13.5. The number of aromatic nitrogens is 5. The number of benzene rings is 2. The van der Waals surface area contributed by atoms with Crippen LogP contribution in [-0.4, -0.2) is 123 Å². The average molecular weight is 1010 g/mol. The lowest BCUT2D eigenvalue weighted by Gasteiger charge is -2.63. The van der Waals surface area contributed by atoms with Gasteiger partial charge in [-0.1, -0.05) is 63.0 Å². The number of aliphatic imine (C=N–C) groups is 1. The minimum absolute atomic E-state index is 0.0512. The first-order valence-corrected chi connectivity index (χ1v) is 25.9. The molecular formula is C52H62Cl2N12O3S. The van der Waals surface area contributed by atoms with E-state index < -0.39 is 6.04 Å². The highest BCUT2D eigenvalue weighted by Gasteiger charge is 2.64. The Morgan fingerprint density at radius 1 is 0.914 bits per heavy atom. The van der Waals surface area contributed by atoms with E-state index in [0.717, 1.165) is 105 Å². The molecule has 4 aliphatic rings. The molecule has 15 nitrogen and oxygen atoms in total. The molecule has 2 amide bonds. The molecule has 6 heterocycles. The van der Waals surface area contributed by atoms with Crippen LogP contribution in [0.5, 0.6) is 5.75 Å². The van der Waals surface area contributed by atoms with E-state index in [2.05, 4.69) is 97.7 Å². The molecule has 1 saturated carbocycles. The Bertz CT molecular complexity index is 2790. The fourth-order valence-electron chi connectivity index (χ4n) is 11.2. The van der Waals surface area contributed by atoms with Crippen LogP contribution in [0.25, 0.3) is 5.00 Å². The molecule has 70 heavy (non-hydrogen) atoms. The van der Waals surface area contributed by atoms with Gasteiger partial charge in [0.2, 0.25) is 11.9 Å². The Morgan fingerprint density at radius 3 is 2.27 bits per heavy atom. The van der Waals surface area contributed by atoms with Gasteiger partial charge in [0.1, 0.15) is 34.8 Å². The van der Waals surface area contributed by atoms with Gasteiger partial charge in [-0.2, -0.15) is 5.26 Å². The molecule has 3 aliphatic heterocycles. The van der Waals surface area contributed by atoms with Crippen LogP contribution in [0.1, 0.15) is 109 Å². The molecule has 2 saturated heterocycles. The van der Waals surface area contributed by atoms with Crippen LogP contribution >= 0.6 is 34.5 Å². The van der Waals surface area contributed by atoms with Crippen molar-refractivity contribution < 1.29 is 14.3 Å². The Labute approximate surface area is 424 Å². The number of nitrogens with one attached hydrogen (secondary N) is 2. The highest BCUT2D eigenvalue weighted by Crippen LogP contribution is 2.55. The lowest BCUT2D eigenvalue weighted by Crippen LogP contribution is -2.74. The van der Waals surface area contributed by atoms with Gasteiger partial charge in [-0.15, -0.1) is 21.5 Å². The van der Waals surface area contributed by atoms with E-state index in [9.17, 15) is 14.9 Å². The standard InChI is InChI=1S/C52H62Cl2N12O3S/c1-31-32(2)70-47-43(31)44(35-9-12-38(53)13-10-35)59-41(45-62-61-33(3)66(45)47)26-42(67)56-17-8-18-63-21-23-64(24-22-63)30-34-15-19-65(20-16-34)50-57-28-37(29-58-50)46(68)60-48-51(4,5)49(52(48,6)7)69-39-14-11-36(27-55)40(54)25-39/h9-14,25,28-29,34,41,48-49H,8,15-24,26,30H2,1-7H3,(H,56,67)(H,60,68)/t41-,48?,49?/m0/s1. The third-order valence-corrected chi connectivity index (χ3v) is 16.7. The molecule has 0 bridgehead atoms. The Kier molecular flexibility index (Phi) is 14.4. The number of nitrogens with zero attached hydrogens (tertiary/aromatic N) is 10. The normalized spacial score (nSPS) is 21.1. The van der Waals surface area contributed by atoms with Gasteiger partial charge in [-0.3, -0.25) is 19.1 Å². The highest BCUT2D eigenvalue weighted by molar-refractivity contribution is 7.15. The van der Waals surface area contributed by atoms with Crippen molar-refractivity contribution in [2.45, 2.75) is 92.3 Å². The second-order valence-electron chi connectivity index (χ2n) is 20.5. The smallest absolute Gasteiger partial charge is 0.254 e. The van der Waals surface area contributed by atoms with E-state index in [1.54, 1.807) is 41.9 Å². The Hall–Kier alpha value is -5.44. The van der Waals surface area contributed by atoms with Gasteiger partial charge in [-0.05, 0) is 82.3 Å². The van der Waals surface area contributed by atoms with Gasteiger partial charge in [0, 0.05) is 109 Å². The third kappa shape index (κ3) is 10.1. The lowest BCUT2D eigenvalue weighted by atomic mass is 9.49. The molecule has 0 unspecified atom stereocenters. The number of carbonyl (C=O) groups excluding carboxylic acids is 2. The van der Waals surface area contributed by atoms with Crippen LogP contribution in [0.3, 0.4) is 0 Å². The number of halogens is 2. The minimum atomic E-state index is -0.494. The molecule has 3 aromatic heterocycles. The van der Waals surface area contributed by atoms with Crippen LogP contribution in [0.4, 0.5) is 5.95 Å². The fourth-order valence-corrected chi connectivity index (χ4v) is 12.8. The van der Waals surface area contributed by atoms with Crippen LogP contribution in [-0.2, 0) is 4.79 Å². The van der Waals surface area contributed by atoms with Gasteiger partial charge in [-0.25, -0.2) is 9.97 Å². The SMILES string of the molecule is Cc1sc2c(c1C)C(c1ccc(Cl)cc1)=N[C@@H](CC(=O)NCCCN1CCN(CC3CCN(c4ncc(C(=O)NC5C(C)(C)C(Oc6ccc(C#N)c(Cl)c6)C5(C)C)cn4)CC3)CC1)c1nnc(C)n1-2. The van der Waals surface area contributed by atoms with Gasteiger partial charge >= 0.3 is 0 Å². The quantitative estimate of drug-likeness (QED) is 0.103. The minimum Gasteiger partial charge on any atom is -0.489 e. The van der Waals surface area contributed by atoms with E-state index in [-0.39, 0.29) is 41.2 Å². The summed E-state index contributed by atoms with van der Waals surface area (Å²) in [4.78, 5) is 50.1. The summed E-state index contributed by atoms with van der Waals surface area (Å²) in [5, 5.41) is 26.7. The van der Waals surface area contributed by atoms with Gasteiger partial charge < -0.3 is 30.1 Å². The number of thiophene rings is 1. The molecular weight excluding hydrogens is 944 g/mol. The first-order chi connectivity index (χ1) is 33.5. The molecule has 1 atom stereocenters. The maximum Gasteiger partial charge on any atom is 0.254 e. The van der Waals surface area contributed by atoms with E-state index in [0.29, 0.717) is 51.2 Å². The number of amides is 2. The summed E-state index contributed by atoms with van der Waals surface area (Å²) in [6.45, 7) is 23.0. The van der Waals surface area contributed by atoms with Gasteiger partial charge in [0.25, 0.3) is 5.91 Å². The van der Waals surface area contributed by atoms with Crippen molar-refractivity contribution in [2.24, 2.45) is 21.7 Å². The number of carbonyl (C=O) groups is 2. The number of aryl methyl sites for hydroxylation is 2. The van der Waals surface area contributed by atoms with Gasteiger partial charge in [0.05, 0.1) is 28.3 Å². The predicted octanol–water partition coefficient (Wildman–Crippen LogP) is 8.16. The van der Waals surface area contributed by atoms with E-state index >= 15 is 0 Å². The zero-order valence-corrected chi connectivity index (χ0v) is 43.4. The zero-order chi connectivity index (χ0) is 49.5. The molecule has 1 aliphatic carbocycles. The monoisotopic (exact) mass is 1000 g/mol. The van der Waals surface area contributed by atoms with Crippen molar-refractivity contribution in [3.63, 3.8) is 0 Å². The molecule has 5 aromatic rings. The number of hydrogen-bond acceptors (Lipinski definition) is 13. The number of hydrogen-bond donors (Lipinski definition) is 2. The van der Waals surface area contributed by atoms with E-state index in [1.165, 1.54) is 4.88 Å². The van der Waals surface area contributed by atoms with Crippen molar-refractivity contribution in [1.82, 2.24) is 45.2 Å². The number of nitriles is 1. The number of anilines is 1. The summed E-state index contributed by atoms with van der Waals surface area (Å²) in [5.74, 6) is 3.04. The van der Waals surface area contributed by atoms with Crippen LogP contribution in [0.2, 0.25) is 10.0 Å². The highest BCUT2D eigenvalue weighted by atomic mass is 35.5. The topological polar surface area (TPSA) is 170 Å². The molecule has 0 radical (unpaired) electrons. The number of piperazine rings is 1. The third-order valence-electron chi connectivity index (χ3n) is 14.9. The largest absolute Gasteiger partial charge is 0.489 e. The fraction of sp³-hybridized carbons (Fsp3) is 0.500. The van der Waals surface area contributed by atoms with Crippen molar-refractivity contribution in [3.8, 4) is 16.8 Å². The summed E-state index contributed by atoms with van der Waals surface area (Å²) in [6.07, 6.45) is 6.24. The summed E-state index contributed by atoms with van der Waals surface area (Å²) >= 11 is 14.2. The molecule has 9 rings (SSSR count). The summed E-state index contributed by atoms with van der Waals surface area (Å²) < 4.78 is 8.47. The molecule has 368 valence electrons. The summed E-state index contributed by atoms with van der Waals surface area (Å²) in [7, 11) is 0. The molecule has 0 spiro atoms. The van der Waals surface area contributed by atoms with Gasteiger partial charge in [0.15, 0.2) is 5.82 Å². The first-order valence-electron chi connectivity index (χ1n) is 24.3. The van der Waals surface area contributed by atoms with Crippen molar-refractivity contribution in [1.29, 1.82) is 5.26 Å². The number of piperidine rings is 1. The zero-order valence-electron chi connectivity index (χ0n) is 41.1. The first kappa shape index (κ1) is 49.5. The Morgan fingerprint density at radius 2 is 1.60 bits per heavy atom. The molecule has 18 heteroatoms. The Balaban J connectivity index is 0.690. The average Bonchev–Trinajstić information content (AvgIpc) is 3.83. The van der Waals surface area contributed by atoms with Crippen molar-refractivity contribution in [2.75, 3.05) is 63.8 Å². The van der Waals surface area contributed by atoms with Crippen molar-refractivity contribution >= 4 is 58.0 Å². The number of rotatable bonds is 14. The number of fused-ring (bicyclic) bond motifs is 3. The van der Waals surface area contributed by atoms with E-state index in [1.807, 2.05) is 31.2 Å². The van der Waals surface area contributed by atoms with Crippen LogP contribution in [0.15, 0.2) is 59.9 Å². The van der Waals surface area contributed by atoms with Crippen LogP contribution < -0.4 is 20.3 Å². The molecule has 2 aromatic carbocycles. The maximum absolute atomic E-state index is 13.5. The van der Waals surface area contributed by atoms with Crippen molar-refractivity contribution in [3.05, 3.63) is 109 Å². The van der Waals surface area contributed by atoms with E-state index in [4.69, 9.17) is 32.9 Å². The second kappa shape index (κ2) is 20.4. The predicted molar refractivity (Wildman–Crippen MR) is 275 cm³/mol.